The third kappa shape index (κ3) is 2.14. The average molecular weight is 328 g/mol. The molecule has 5 atom stereocenters. The number of carbonyl (C=O) groups is 1. The minimum absolute atomic E-state index is 0.221. The van der Waals surface area contributed by atoms with Crippen molar-refractivity contribution in [2.24, 2.45) is 28.6 Å². The summed E-state index contributed by atoms with van der Waals surface area (Å²) >= 11 is 0. The van der Waals surface area contributed by atoms with E-state index in [1.807, 2.05) is 6.08 Å². The topological polar surface area (TPSA) is 37.3 Å². The fourth-order valence-corrected chi connectivity index (χ4v) is 7.17. The van der Waals surface area contributed by atoms with Crippen molar-refractivity contribution in [2.45, 2.75) is 72.1 Å². The van der Waals surface area contributed by atoms with E-state index in [4.69, 9.17) is 0 Å². The van der Waals surface area contributed by atoms with Gasteiger partial charge in [-0.05, 0) is 92.1 Å². The Bertz CT molecular complexity index is 628. The van der Waals surface area contributed by atoms with Crippen LogP contribution in [0.4, 0.5) is 0 Å². The SMILES string of the molecule is C/C(CO)=C1\CC[C@H]2[C@@H]3CCC4=CC(=O)CC[C@]4(C)[C@H]3CC[C@]12C. The quantitative estimate of drug-likeness (QED) is 0.700. The monoisotopic (exact) mass is 328 g/mol. The summed E-state index contributed by atoms with van der Waals surface area (Å²) in [6.45, 7) is 7.28. The summed E-state index contributed by atoms with van der Waals surface area (Å²) in [6, 6.07) is 0. The van der Waals surface area contributed by atoms with Crippen LogP contribution >= 0.6 is 0 Å². The number of hydrogen-bond donors (Lipinski definition) is 1. The molecule has 2 nitrogen and oxygen atoms in total. The van der Waals surface area contributed by atoms with Crippen LogP contribution in [0.15, 0.2) is 22.8 Å². The lowest BCUT2D eigenvalue weighted by atomic mass is 9.47. The Kier molecular flexibility index (Phi) is 3.84. The van der Waals surface area contributed by atoms with Crippen LogP contribution in [0.3, 0.4) is 0 Å². The van der Waals surface area contributed by atoms with Gasteiger partial charge in [0.25, 0.3) is 0 Å². The second-order valence-corrected chi connectivity index (χ2v) is 9.38. The van der Waals surface area contributed by atoms with E-state index in [0.29, 0.717) is 11.2 Å². The number of rotatable bonds is 1. The molecule has 24 heavy (non-hydrogen) atoms. The van der Waals surface area contributed by atoms with Gasteiger partial charge in [-0.1, -0.05) is 25.0 Å². The Hall–Kier alpha value is -0.890. The van der Waals surface area contributed by atoms with Gasteiger partial charge in [0.2, 0.25) is 0 Å². The highest BCUT2D eigenvalue weighted by molar-refractivity contribution is 5.91. The van der Waals surface area contributed by atoms with Crippen LogP contribution in [0.2, 0.25) is 0 Å². The van der Waals surface area contributed by atoms with E-state index < -0.39 is 0 Å². The van der Waals surface area contributed by atoms with Crippen LogP contribution in [0.5, 0.6) is 0 Å². The first-order valence-electron chi connectivity index (χ1n) is 9.94. The summed E-state index contributed by atoms with van der Waals surface area (Å²) in [7, 11) is 0. The standard InChI is InChI=1S/C22H32O2/c1-14(13-23)18-6-7-19-17-5-4-15-12-16(24)8-10-21(15,2)20(17)9-11-22(18,19)3/h12,17,19-20,23H,4-11,13H2,1-3H3/b18-14-/t17-,19-,20-,21-,22+/m0/s1. The first-order valence-corrected chi connectivity index (χ1v) is 9.94. The molecule has 0 heterocycles. The van der Waals surface area contributed by atoms with Crippen molar-refractivity contribution < 1.29 is 9.90 Å². The molecule has 0 aliphatic heterocycles. The number of carbonyl (C=O) groups excluding carboxylic acids is 1. The van der Waals surface area contributed by atoms with Gasteiger partial charge in [0.05, 0.1) is 6.61 Å². The van der Waals surface area contributed by atoms with Crippen molar-refractivity contribution in [3.05, 3.63) is 22.8 Å². The highest BCUT2D eigenvalue weighted by atomic mass is 16.3. The van der Waals surface area contributed by atoms with Crippen molar-refractivity contribution in [1.29, 1.82) is 0 Å². The van der Waals surface area contributed by atoms with Gasteiger partial charge >= 0.3 is 0 Å². The molecule has 0 bridgehead atoms. The van der Waals surface area contributed by atoms with Crippen molar-refractivity contribution in [2.75, 3.05) is 6.61 Å². The van der Waals surface area contributed by atoms with E-state index in [1.165, 1.54) is 43.3 Å². The maximum Gasteiger partial charge on any atom is 0.155 e. The zero-order chi connectivity index (χ0) is 17.1. The Morgan fingerprint density at radius 1 is 1.08 bits per heavy atom. The molecular formula is C22H32O2. The molecule has 0 aromatic carbocycles. The Morgan fingerprint density at radius 3 is 2.58 bits per heavy atom. The van der Waals surface area contributed by atoms with Gasteiger partial charge in [-0.3, -0.25) is 4.79 Å². The van der Waals surface area contributed by atoms with Gasteiger partial charge in [0, 0.05) is 6.42 Å². The second-order valence-electron chi connectivity index (χ2n) is 9.38. The van der Waals surface area contributed by atoms with E-state index in [0.717, 1.165) is 37.0 Å². The first-order chi connectivity index (χ1) is 11.4. The molecular weight excluding hydrogens is 296 g/mol. The molecule has 0 saturated heterocycles. The summed E-state index contributed by atoms with van der Waals surface area (Å²) in [6.07, 6.45) is 11.3. The maximum atomic E-state index is 11.9. The minimum atomic E-state index is 0.221. The van der Waals surface area contributed by atoms with Crippen molar-refractivity contribution in [3.63, 3.8) is 0 Å². The fourth-order valence-electron chi connectivity index (χ4n) is 7.17. The molecule has 2 heteroatoms. The number of hydrogen-bond acceptors (Lipinski definition) is 2. The average Bonchev–Trinajstić information content (AvgIpc) is 2.92. The van der Waals surface area contributed by atoms with Crippen LogP contribution in [0.1, 0.15) is 72.1 Å². The number of ketones is 1. The van der Waals surface area contributed by atoms with Gasteiger partial charge in [0.15, 0.2) is 5.78 Å². The molecule has 0 aromatic rings. The zero-order valence-corrected chi connectivity index (χ0v) is 15.5. The lowest BCUT2D eigenvalue weighted by Crippen LogP contribution is -2.49. The number of allylic oxidation sites excluding steroid dienone is 2. The highest BCUT2D eigenvalue weighted by Crippen LogP contribution is 2.66. The van der Waals surface area contributed by atoms with Crippen molar-refractivity contribution >= 4 is 5.78 Å². The fraction of sp³-hybridized carbons (Fsp3) is 0.773. The number of aliphatic hydroxyl groups is 1. The third-order valence-corrected chi connectivity index (χ3v) is 8.50. The summed E-state index contributed by atoms with van der Waals surface area (Å²) < 4.78 is 0. The van der Waals surface area contributed by atoms with Crippen LogP contribution in [-0.2, 0) is 4.79 Å². The number of fused-ring (bicyclic) bond motifs is 5. The van der Waals surface area contributed by atoms with Crippen molar-refractivity contribution in [1.82, 2.24) is 0 Å². The lowest BCUT2D eigenvalue weighted by Gasteiger charge is -2.57. The second kappa shape index (κ2) is 5.56. The van der Waals surface area contributed by atoms with Crippen LogP contribution in [-0.4, -0.2) is 17.5 Å². The van der Waals surface area contributed by atoms with Gasteiger partial charge < -0.3 is 5.11 Å². The van der Waals surface area contributed by atoms with E-state index in [2.05, 4.69) is 20.8 Å². The molecule has 0 amide bonds. The van der Waals surface area contributed by atoms with E-state index in [1.54, 1.807) is 5.57 Å². The summed E-state index contributed by atoms with van der Waals surface area (Å²) in [4.78, 5) is 11.9. The summed E-state index contributed by atoms with van der Waals surface area (Å²) in [5.74, 6) is 2.70. The normalized spacial score (nSPS) is 46.8. The molecule has 4 aliphatic rings. The van der Waals surface area contributed by atoms with Crippen LogP contribution < -0.4 is 0 Å². The smallest absolute Gasteiger partial charge is 0.155 e. The van der Waals surface area contributed by atoms with Gasteiger partial charge in [0.1, 0.15) is 0 Å². The highest BCUT2D eigenvalue weighted by Gasteiger charge is 2.57. The van der Waals surface area contributed by atoms with Crippen molar-refractivity contribution in [3.8, 4) is 0 Å². The molecule has 0 spiro atoms. The van der Waals surface area contributed by atoms with Gasteiger partial charge in [-0.2, -0.15) is 0 Å². The molecule has 1 N–H and O–H groups in total. The first kappa shape index (κ1) is 16.6. The predicted molar refractivity (Wildman–Crippen MR) is 96.5 cm³/mol. The molecule has 0 radical (unpaired) electrons. The van der Waals surface area contributed by atoms with E-state index >= 15 is 0 Å². The molecule has 4 rings (SSSR count). The molecule has 132 valence electrons. The van der Waals surface area contributed by atoms with Gasteiger partial charge in [-0.15, -0.1) is 0 Å². The zero-order valence-electron chi connectivity index (χ0n) is 15.5. The molecule has 3 fully saturated rings. The molecule has 0 aromatic heterocycles. The summed E-state index contributed by atoms with van der Waals surface area (Å²) in [5, 5.41) is 9.66. The van der Waals surface area contributed by atoms with Gasteiger partial charge in [-0.25, -0.2) is 0 Å². The Morgan fingerprint density at radius 2 is 1.83 bits per heavy atom. The third-order valence-electron chi connectivity index (χ3n) is 8.50. The lowest BCUT2D eigenvalue weighted by molar-refractivity contribution is -0.117. The van der Waals surface area contributed by atoms with E-state index in [-0.39, 0.29) is 12.0 Å². The molecule has 3 saturated carbocycles. The minimum Gasteiger partial charge on any atom is -0.392 e. The largest absolute Gasteiger partial charge is 0.392 e. The van der Waals surface area contributed by atoms with E-state index in [9.17, 15) is 9.90 Å². The maximum absolute atomic E-state index is 11.9. The van der Waals surface area contributed by atoms with Crippen LogP contribution in [0.25, 0.3) is 0 Å². The Labute approximate surface area is 146 Å². The van der Waals surface area contributed by atoms with Crippen LogP contribution in [0, 0.1) is 28.6 Å². The molecule has 4 aliphatic carbocycles. The number of aliphatic hydroxyl groups excluding tert-OH is 1. The Balaban J connectivity index is 1.69. The summed E-state index contributed by atoms with van der Waals surface area (Å²) in [5.41, 5.74) is 4.85. The predicted octanol–water partition coefficient (Wildman–Crippen LogP) is 4.83. The molecule has 0 unspecified atom stereocenters.